The van der Waals surface area contributed by atoms with Gasteiger partial charge in [0.05, 0.1) is 17.0 Å². The Hall–Kier alpha value is -3.55. The Morgan fingerprint density at radius 3 is 2.75 bits per heavy atom. The number of hydrogen-bond donors (Lipinski definition) is 1. The highest BCUT2D eigenvalue weighted by molar-refractivity contribution is 6.05. The highest BCUT2D eigenvalue weighted by atomic mass is 16.5. The number of fused-ring (bicyclic) bond motifs is 2. The molecule has 1 atom stereocenters. The van der Waals surface area contributed by atoms with Crippen LogP contribution >= 0.6 is 0 Å². The van der Waals surface area contributed by atoms with Gasteiger partial charge in [-0.1, -0.05) is 5.21 Å². The zero-order valence-corrected chi connectivity index (χ0v) is 15.4. The predicted molar refractivity (Wildman–Crippen MR) is 101 cm³/mol. The topological polar surface area (TPSA) is 103 Å². The van der Waals surface area contributed by atoms with Crippen molar-refractivity contribution in [2.24, 2.45) is 0 Å². The van der Waals surface area contributed by atoms with Crippen molar-refractivity contribution in [2.45, 2.75) is 26.3 Å². The molecule has 3 aromatic rings. The maximum Gasteiger partial charge on any atom is 0.338 e. The van der Waals surface area contributed by atoms with Crippen LogP contribution in [0.3, 0.4) is 0 Å². The number of carbonyl (C=O) groups is 3. The van der Waals surface area contributed by atoms with Gasteiger partial charge in [-0.05, 0) is 55.8 Å². The standard InChI is InChI=1S/C20H18N4O4/c1-3-24-17-7-5-13(9-16(17)22-23-24)20(27)28-10-18(25)12-4-6-15-14(8-12)11(2)19(26)21-15/h4-9,11H,3,10H2,1-2H3,(H,21,26)/t11-/m0/s1. The van der Waals surface area contributed by atoms with Gasteiger partial charge in [-0.3, -0.25) is 9.59 Å². The van der Waals surface area contributed by atoms with E-state index in [1.165, 1.54) is 0 Å². The van der Waals surface area contributed by atoms with Gasteiger partial charge in [-0.15, -0.1) is 5.10 Å². The number of Topliss-reactive ketones (excluding diaryl/α,β-unsaturated/α-hetero) is 1. The van der Waals surface area contributed by atoms with E-state index in [1.54, 1.807) is 48.0 Å². The Bertz CT molecular complexity index is 1120. The summed E-state index contributed by atoms with van der Waals surface area (Å²) in [4.78, 5) is 36.4. The normalized spacial score (nSPS) is 15.4. The second-order valence-electron chi connectivity index (χ2n) is 6.62. The summed E-state index contributed by atoms with van der Waals surface area (Å²) >= 11 is 0. The number of ether oxygens (including phenoxy) is 1. The summed E-state index contributed by atoms with van der Waals surface area (Å²) in [6.45, 7) is 4.02. The molecule has 0 unspecified atom stereocenters. The van der Waals surface area contributed by atoms with E-state index >= 15 is 0 Å². The fourth-order valence-corrected chi connectivity index (χ4v) is 3.22. The fourth-order valence-electron chi connectivity index (χ4n) is 3.22. The first-order chi connectivity index (χ1) is 13.5. The molecule has 0 fully saturated rings. The smallest absolute Gasteiger partial charge is 0.338 e. The minimum absolute atomic E-state index is 0.0959. The Kier molecular flexibility index (Phi) is 4.38. The molecular weight excluding hydrogens is 360 g/mol. The van der Waals surface area contributed by atoms with E-state index in [1.807, 2.05) is 6.92 Å². The number of carbonyl (C=O) groups excluding carboxylic acids is 3. The molecule has 1 aromatic heterocycles. The first-order valence-corrected chi connectivity index (χ1v) is 8.96. The Morgan fingerprint density at radius 1 is 1.18 bits per heavy atom. The number of aryl methyl sites for hydroxylation is 1. The second-order valence-corrected chi connectivity index (χ2v) is 6.62. The molecule has 8 heteroatoms. The molecule has 0 saturated carbocycles. The molecule has 28 heavy (non-hydrogen) atoms. The van der Waals surface area contributed by atoms with Crippen molar-refractivity contribution in [3.05, 3.63) is 53.1 Å². The maximum atomic E-state index is 12.4. The van der Waals surface area contributed by atoms with Gasteiger partial charge in [-0.25, -0.2) is 9.48 Å². The number of ketones is 1. The predicted octanol–water partition coefficient (Wildman–Crippen LogP) is 2.55. The van der Waals surface area contributed by atoms with Gasteiger partial charge in [0.2, 0.25) is 5.91 Å². The summed E-state index contributed by atoms with van der Waals surface area (Å²) in [6, 6.07) is 9.94. The van der Waals surface area contributed by atoms with Crippen LogP contribution in [0.5, 0.6) is 0 Å². The van der Waals surface area contributed by atoms with E-state index in [-0.39, 0.29) is 24.2 Å². The maximum absolute atomic E-state index is 12.4. The summed E-state index contributed by atoms with van der Waals surface area (Å²) in [6.07, 6.45) is 0. The molecule has 142 valence electrons. The minimum Gasteiger partial charge on any atom is -0.454 e. The number of anilines is 1. The highest BCUT2D eigenvalue weighted by Crippen LogP contribution is 2.32. The first kappa shape index (κ1) is 17.8. The van der Waals surface area contributed by atoms with Crippen molar-refractivity contribution >= 4 is 34.4 Å². The van der Waals surface area contributed by atoms with Crippen LogP contribution in [-0.2, 0) is 16.1 Å². The van der Waals surface area contributed by atoms with Crippen LogP contribution in [0.4, 0.5) is 5.69 Å². The van der Waals surface area contributed by atoms with E-state index in [0.717, 1.165) is 11.1 Å². The van der Waals surface area contributed by atoms with Gasteiger partial charge in [-0.2, -0.15) is 0 Å². The lowest BCUT2D eigenvalue weighted by Gasteiger charge is -2.07. The molecule has 1 aliphatic rings. The minimum atomic E-state index is -0.604. The largest absolute Gasteiger partial charge is 0.454 e. The third-order valence-electron chi connectivity index (χ3n) is 4.87. The molecule has 2 heterocycles. The van der Waals surface area contributed by atoms with E-state index in [4.69, 9.17) is 4.74 Å². The van der Waals surface area contributed by atoms with Crippen LogP contribution in [0.1, 0.15) is 46.0 Å². The van der Waals surface area contributed by atoms with E-state index in [0.29, 0.717) is 28.9 Å². The Morgan fingerprint density at radius 2 is 1.96 bits per heavy atom. The van der Waals surface area contributed by atoms with Crippen LogP contribution in [0.2, 0.25) is 0 Å². The zero-order valence-electron chi connectivity index (χ0n) is 15.4. The van der Waals surface area contributed by atoms with Crippen molar-refractivity contribution in [1.29, 1.82) is 0 Å². The highest BCUT2D eigenvalue weighted by Gasteiger charge is 2.27. The number of hydrogen-bond acceptors (Lipinski definition) is 6. The second kappa shape index (κ2) is 6.88. The quantitative estimate of drug-likeness (QED) is 0.541. The lowest BCUT2D eigenvalue weighted by Crippen LogP contribution is -2.14. The average Bonchev–Trinajstić information content (AvgIpc) is 3.25. The molecule has 1 amide bonds. The molecule has 1 aliphatic heterocycles. The molecule has 0 bridgehead atoms. The lowest BCUT2D eigenvalue weighted by atomic mass is 9.99. The first-order valence-electron chi connectivity index (χ1n) is 8.96. The molecule has 0 spiro atoms. The van der Waals surface area contributed by atoms with E-state index in [9.17, 15) is 14.4 Å². The van der Waals surface area contributed by atoms with Crippen molar-refractivity contribution in [2.75, 3.05) is 11.9 Å². The van der Waals surface area contributed by atoms with Crippen LogP contribution in [0.15, 0.2) is 36.4 Å². The summed E-state index contributed by atoms with van der Waals surface area (Å²) in [5.74, 6) is -1.34. The van der Waals surface area contributed by atoms with Crippen molar-refractivity contribution in [1.82, 2.24) is 15.0 Å². The number of aromatic nitrogens is 3. The summed E-state index contributed by atoms with van der Waals surface area (Å²) < 4.78 is 6.89. The molecule has 8 nitrogen and oxygen atoms in total. The van der Waals surface area contributed by atoms with E-state index in [2.05, 4.69) is 15.6 Å². The fraction of sp³-hybridized carbons (Fsp3) is 0.250. The van der Waals surface area contributed by atoms with Crippen LogP contribution < -0.4 is 5.32 Å². The number of nitrogens with one attached hydrogen (secondary N) is 1. The van der Waals surface area contributed by atoms with Gasteiger partial charge in [0.1, 0.15) is 5.52 Å². The van der Waals surface area contributed by atoms with Crippen LogP contribution in [0.25, 0.3) is 11.0 Å². The number of amides is 1. The Balaban J connectivity index is 1.45. The SMILES string of the molecule is CCn1nnc2cc(C(=O)OCC(=O)c3ccc4c(c3)[C@H](C)C(=O)N4)ccc21. The summed E-state index contributed by atoms with van der Waals surface area (Å²) in [5.41, 5.74) is 3.60. The molecule has 2 aromatic carbocycles. The van der Waals surface area contributed by atoms with Crippen molar-refractivity contribution < 1.29 is 19.1 Å². The van der Waals surface area contributed by atoms with Crippen LogP contribution in [0, 0.1) is 0 Å². The van der Waals surface area contributed by atoms with E-state index < -0.39 is 5.97 Å². The number of esters is 1. The van der Waals surface area contributed by atoms with Gasteiger partial charge < -0.3 is 10.1 Å². The number of nitrogens with zero attached hydrogens (tertiary/aromatic N) is 3. The molecule has 1 N–H and O–H groups in total. The molecule has 0 aliphatic carbocycles. The molecule has 4 rings (SSSR count). The van der Waals surface area contributed by atoms with Gasteiger partial charge in [0.25, 0.3) is 0 Å². The van der Waals surface area contributed by atoms with Crippen molar-refractivity contribution in [3.63, 3.8) is 0 Å². The lowest BCUT2D eigenvalue weighted by molar-refractivity contribution is -0.116. The molecule has 0 radical (unpaired) electrons. The number of rotatable bonds is 5. The Labute approximate surface area is 160 Å². The third kappa shape index (κ3) is 3.02. The summed E-state index contributed by atoms with van der Waals surface area (Å²) in [7, 11) is 0. The monoisotopic (exact) mass is 378 g/mol. The average molecular weight is 378 g/mol. The van der Waals surface area contributed by atoms with Crippen molar-refractivity contribution in [3.8, 4) is 0 Å². The van der Waals surface area contributed by atoms with Gasteiger partial charge in [0, 0.05) is 17.8 Å². The zero-order chi connectivity index (χ0) is 19.8. The van der Waals surface area contributed by atoms with Gasteiger partial charge >= 0.3 is 5.97 Å². The van der Waals surface area contributed by atoms with Gasteiger partial charge in [0.15, 0.2) is 12.4 Å². The van der Waals surface area contributed by atoms with Crippen LogP contribution in [-0.4, -0.2) is 39.3 Å². The third-order valence-corrected chi connectivity index (χ3v) is 4.87. The molecule has 0 saturated heterocycles. The summed E-state index contributed by atoms with van der Waals surface area (Å²) in [5, 5.41) is 10.8. The number of benzene rings is 2. The molecular formula is C20H18N4O4.